The molecule has 1 aliphatic heterocycles. The Hall–Kier alpha value is -2.19. The number of nitrogens with one attached hydrogen (secondary N) is 1. The van der Waals surface area contributed by atoms with E-state index in [2.05, 4.69) is 10.4 Å². The minimum absolute atomic E-state index is 0.107. The third kappa shape index (κ3) is 4.60. The zero-order chi connectivity index (χ0) is 23.9. The number of alkyl halides is 3. The van der Waals surface area contributed by atoms with Crippen molar-refractivity contribution in [2.24, 2.45) is 0 Å². The summed E-state index contributed by atoms with van der Waals surface area (Å²) < 4.78 is 41.6. The highest BCUT2D eigenvalue weighted by atomic mass is 35.5. The number of carbonyl (C=O) groups is 1. The highest BCUT2D eigenvalue weighted by Crippen LogP contribution is 2.41. The molecule has 2 aliphatic rings. The second kappa shape index (κ2) is 9.22. The molecule has 178 valence electrons. The van der Waals surface area contributed by atoms with Gasteiger partial charge in [0.05, 0.1) is 15.6 Å². The van der Waals surface area contributed by atoms with E-state index in [1.54, 1.807) is 25.1 Å². The molecule has 2 aromatic rings. The molecule has 10 heteroatoms. The fourth-order valence-corrected chi connectivity index (χ4v) is 5.10. The van der Waals surface area contributed by atoms with Crippen molar-refractivity contribution in [3.05, 3.63) is 56.8 Å². The van der Waals surface area contributed by atoms with Crippen molar-refractivity contribution < 1.29 is 18.0 Å². The molecule has 1 N–H and O–H groups in total. The van der Waals surface area contributed by atoms with Crippen LogP contribution in [0.25, 0.3) is 0 Å². The Morgan fingerprint density at radius 1 is 1.18 bits per heavy atom. The number of benzene rings is 1. The van der Waals surface area contributed by atoms with E-state index in [9.17, 15) is 18.0 Å². The van der Waals surface area contributed by atoms with Gasteiger partial charge >= 0.3 is 6.18 Å². The number of hydrogen-bond donors (Lipinski definition) is 1. The van der Waals surface area contributed by atoms with Crippen LogP contribution in [0.3, 0.4) is 0 Å². The number of hydrogen-bond acceptors (Lipinski definition) is 3. The van der Waals surface area contributed by atoms with Gasteiger partial charge in [0.1, 0.15) is 11.9 Å². The van der Waals surface area contributed by atoms with Crippen molar-refractivity contribution in [1.29, 1.82) is 0 Å². The summed E-state index contributed by atoms with van der Waals surface area (Å²) in [6.45, 7) is 4.14. The zero-order valence-electron chi connectivity index (χ0n) is 18.3. The normalized spacial score (nSPS) is 19.3. The highest BCUT2D eigenvalue weighted by molar-refractivity contribution is 6.42. The van der Waals surface area contributed by atoms with Gasteiger partial charge in [-0.05, 0) is 44.4 Å². The summed E-state index contributed by atoms with van der Waals surface area (Å²) in [5.74, 6) is -0.0478. The molecular weight excluding hydrogens is 476 g/mol. The number of carbonyl (C=O) groups excluding carboxylic acids is 1. The van der Waals surface area contributed by atoms with Gasteiger partial charge in [-0.3, -0.25) is 4.79 Å². The Bertz CT molecular complexity index is 1090. The van der Waals surface area contributed by atoms with Crippen LogP contribution < -0.4 is 5.32 Å². The number of amides is 1. The maximum absolute atomic E-state index is 13.9. The molecule has 1 fully saturated rings. The van der Waals surface area contributed by atoms with E-state index in [0.29, 0.717) is 28.4 Å². The number of allylic oxidation sites excluding steroid dienone is 1. The van der Waals surface area contributed by atoms with Gasteiger partial charge in [0, 0.05) is 24.4 Å². The zero-order valence-corrected chi connectivity index (χ0v) is 19.9. The monoisotopic (exact) mass is 500 g/mol. The van der Waals surface area contributed by atoms with E-state index >= 15 is 0 Å². The van der Waals surface area contributed by atoms with Crippen LogP contribution in [0, 0.1) is 0 Å². The van der Waals surface area contributed by atoms with Gasteiger partial charge < -0.3 is 10.2 Å². The molecule has 1 atom stereocenters. The maximum Gasteiger partial charge on any atom is 0.435 e. The lowest BCUT2D eigenvalue weighted by atomic mass is 9.91. The second-order valence-corrected chi connectivity index (χ2v) is 9.29. The van der Waals surface area contributed by atoms with Gasteiger partial charge in [-0.1, -0.05) is 48.5 Å². The second-order valence-electron chi connectivity index (χ2n) is 8.48. The summed E-state index contributed by atoms with van der Waals surface area (Å²) in [5.41, 5.74) is 0.346. The van der Waals surface area contributed by atoms with Crippen LogP contribution in [0.2, 0.25) is 10.0 Å². The number of halogens is 5. The number of likely N-dealkylation sites (N-methyl/N-ethyl adjacent to an activating group) is 1. The van der Waals surface area contributed by atoms with Gasteiger partial charge in [0.2, 0.25) is 0 Å². The SMILES string of the molecule is CCN(C(=O)C1=C(C)Nc2cc(C(F)(F)F)nn2C1c1ccc(Cl)c(Cl)c1)C1CCCCC1. The van der Waals surface area contributed by atoms with Crippen LogP contribution in [0.15, 0.2) is 35.5 Å². The molecular formula is C23H25Cl2F3N4O. The highest BCUT2D eigenvalue weighted by Gasteiger charge is 2.41. The van der Waals surface area contributed by atoms with Crippen LogP contribution >= 0.6 is 23.2 Å². The van der Waals surface area contributed by atoms with Gasteiger partial charge in [-0.2, -0.15) is 18.3 Å². The van der Waals surface area contributed by atoms with Crippen LogP contribution in [0.4, 0.5) is 19.0 Å². The smallest absolute Gasteiger partial charge is 0.344 e. The molecule has 0 radical (unpaired) electrons. The third-order valence-corrected chi connectivity index (χ3v) is 7.11. The summed E-state index contributed by atoms with van der Waals surface area (Å²) in [4.78, 5) is 15.7. The predicted octanol–water partition coefficient (Wildman–Crippen LogP) is 6.68. The first-order valence-corrected chi connectivity index (χ1v) is 11.8. The van der Waals surface area contributed by atoms with Crippen molar-refractivity contribution in [3.8, 4) is 0 Å². The lowest BCUT2D eigenvalue weighted by Crippen LogP contribution is -2.44. The van der Waals surface area contributed by atoms with Gasteiger partial charge in [0.15, 0.2) is 5.69 Å². The first-order chi connectivity index (χ1) is 15.6. The van der Waals surface area contributed by atoms with Crippen molar-refractivity contribution in [1.82, 2.24) is 14.7 Å². The van der Waals surface area contributed by atoms with E-state index < -0.39 is 17.9 Å². The maximum atomic E-state index is 13.9. The molecule has 33 heavy (non-hydrogen) atoms. The molecule has 0 spiro atoms. The van der Waals surface area contributed by atoms with Crippen LogP contribution in [0.5, 0.6) is 0 Å². The van der Waals surface area contributed by atoms with Crippen molar-refractivity contribution in [2.45, 2.75) is 64.2 Å². The average Bonchev–Trinajstić information content (AvgIpc) is 3.20. The third-order valence-electron chi connectivity index (χ3n) is 6.37. The Labute approximate surface area is 200 Å². The van der Waals surface area contributed by atoms with Crippen molar-refractivity contribution >= 4 is 34.9 Å². The topological polar surface area (TPSA) is 50.2 Å². The molecule has 1 aromatic carbocycles. The van der Waals surface area contributed by atoms with Crippen LogP contribution in [-0.4, -0.2) is 33.2 Å². The first-order valence-electron chi connectivity index (χ1n) is 11.0. The van der Waals surface area contributed by atoms with E-state index in [-0.39, 0.29) is 22.8 Å². The average molecular weight is 501 g/mol. The standard InChI is InChI=1S/C23H25Cl2F3N4O/c1-3-31(15-7-5-4-6-8-15)22(33)20-13(2)29-19-12-18(23(26,27)28)30-32(19)21(20)14-9-10-16(24)17(25)11-14/h9-12,15,21,29H,3-8H2,1-2H3. The Kier molecular flexibility index (Phi) is 6.69. The quantitative estimate of drug-likeness (QED) is 0.509. The lowest BCUT2D eigenvalue weighted by molar-refractivity contribution is -0.141. The number of fused-ring (bicyclic) bond motifs is 1. The molecule has 1 aliphatic carbocycles. The van der Waals surface area contributed by atoms with Crippen LogP contribution in [0.1, 0.15) is 63.3 Å². The number of nitrogens with zero attached hydrogens (tertiary/aromatic N) is 3. The molecule has 1 unspecified atom stereocenters. The minimum atomic E-state index is -4.62. The van der Waals surface area contributed by atoms with Crippen molar-refractivity contribution in [3.63, 3.8) is 0 Å². The molecule has 0 bridgehead atoms. The Morgan fingerprint density at radius 3 is 2.48 bits per heavy atom. The van der Waals surface area contributed by atoms with Gasteiger partial charge in [-0.15, -0.1) is 0 Å². The molecule has 1 amide bonds. The van der Waals surface area contributed by atoms with E-state index in [1.807, 2.05) is 11.8 Å². The Morgan fingerprint density at radius 2 is 1.88 bits per heavy atom. The minimum Gasteiger partial charge on any atom is -0.344 e. The summed E-state index contributed by atoms with van der Waals surface area (Å²) in [5, 5.41) is 7.38. The number of anilines is 1. The van der Waals surface area contributed by atoms with E-state index in [1.165, 1.54) is 4.68 Å². The molecule has 5 nitrogen and oxygen atoms in total. The number of rotatable bonds is 4. The summed E-state index contributed by atoms with van der Waals surface area (Å²) in [7, 11) is 0. The molecule has 4 rings (SSSR count). The first kappa shape index (κ1) is 24.0. The summed E-state index contributed by atoms with van der Waals surface area (Å²) in [6.07, 6.45) is 0.473. The van der Waals surface area contributed by atoms with Crippen molar-refractivity contribution in [2.75, 3.05) is 11.9 Å². The summed E-state index contributed by atoms with van der Waals surface area (Å²) in [6, 6.07) is 5.00. The molecule has 2 heterocycles. The largest absolute Gasteiger partial charge is 0.435 e. The Balaban J connectivity index is 1.83. The summed E-state index contributed by atoms with van der Waals surface area (Å²) >= 11 is 12.3. The van der Waals surface area contributed by atoms with Gasteiger partial charge in [-0.25, -0.2) is 4.68 Å². The predicted molar refractivity (Wildman–Crippen MR) is 122 cm³/mol. The van der Waals surface area contributed by atoms with E-state index in [4.69, 9.17) is 23.2 Å². The fraction of sp³-hybridized carbons (Fsp3) is 0.478. The fourth-order valence-electron chi connectivity index (χ4n) is 4.79. The molecule has 1 saturated carbocycles. The van der Waals surface area contributed by atoms with E-state index in [0.717, 1.165) is 38.2 Å². The lowest BCUT2D eigenvalue weighted by Gasteiger charge is -2.37. The van der Waals surface area contributed by atoms with Crippen LogP contribution in [-0.2, 0) is 11.0 Å². The molecule has 1 aromatic heterocycles. The number of aromatic nitrogens is 2. The molecule has 0 saturated heterocycles. The van der Waals surface area contributed by atoms with Gasteiger partial charge in [0.25, 0.3) is 5.91 Å².